The van der Waals surface area contributed by atoms with Crippen LogP contribution in [-0.4, -0.2) is 29.7 Å². The van der Waals surface area contributed by atoms with Crippen molar-refractivity contribution in [2.24, 2.45) is 0 Å². The van der Waals surface area contributed by atoms with Gasteiger partial charge in [0.15, 0.2) is 5.13 Å². The molecule has 4 rings (SSSR count). The van der Waals surface area contributed by atoms with Gasteiger partial charge in [-0.3, -0.25) is 4.98 Å². The van der Waals surface area contributed by atoms with E-state index < -0.39 is 0 Å². The third-order valence-electron chi connectivity index (χ3n) is 4.44. The molecule has 0 bridgehead atoms. The molecule has 2 aromatic heterocycles. The fourth-order valence-electron chi connectivity index (χ4n) is 3.08. The molecule has 0 unspecified atom stereocenters. The quantitative estimate of drug-likeness (QED) is 0.650. The largest absolute Gasteiger partial charge is 0.492 e. The highest BCUT2D eigenvalue weighted by molar-refractivity contribution is 7.14. The van der Waals surface area contributed by atoms with Crippen LogP contribution in [0, 0.1) is 0 Å². The lowest BCUT2D eigenvalue weighted by Gasteiger charge is -2.14. The smallest absolute Gasteiger partial charge is 0.187 e. The molecule has 2 N–H and O–H groups in total. The number of rotatable bonds is 6. The maximum Gasteiger partial charge on any atom is 0.187 e. The van der Waals surface area contributed by atoms with Crippen molar-refractivity contribution in [3.63, 3.8) is 0 Å². The minimum atomic E-state index is 0.612. The van der Waals surface area contributed by atoms with Gasteiger partial charge >= 0.3 is 0 Å². The molecule has 0 amide bonds. The molecule has 5 nitrogen and oxygen atoms in total. The molecule has 1 aliphatic heterocycles. The van der Waals surface area contributed by atoms with Gasteiger partial charge < -0.3 is 15.4 Å². The summed E-state index contributed by atoms with van der Waals surface area (Å²) in [5.41, 5.74) is 5.63. The van der Waals surface area contributed by atoms with Gasteiger partial charge in [0.25, 0.3) is 0 Å². The Labute approximate surface area is 163 Å². The lowest BCUT2D eigenvalue weighted by Crippen LogP contribution is -2.19. The van der Waals surface area contributed by atoms with Crippen LogP contribution in [0.4, 0.5) is 10.8 Å². The van der Waals surface area contributed by atoms with E-state index in [2.05, 4.69) is 51.3 Å². The summed E-state index contributed by atoms with van der Waals surface area (Å²) >= 11 is 1.57. The first-order chi connectivity index (χ1) is 13.3. The molecule has 0 atom stereocenters. The summed E-state index contributed by atoms with van der Waals surface area (Å²) in [7, 11) is 0. The number of hydrogen-bond donors (Lipinski definition) is 2. The highest BCUT2D eigenvalue weighted by Crippen LogP contribution is 2.31. The predicted octanol–water partition coefficient (Wildman–Crippen LogP) is 4.72. The maximum absolute atomic E-state index is 5.64. The van der Waals surface area contributed by atoms with Crippen molar-refractivity contribution in [2.75, 3.05) is 25.0 Å². The first-order valence-corrected chi connectivity index (χ1v) is 10.0. The van der Waals surface area contributed by atoms with Gasteiger partial charge in [0, 0.05) is 29.8 Å². The van der Waals surface area contributed by atoms with Gasteiger partial charge in [0.05, 0.1) is 18.5 Å². The number of ether oxygens (including phenoxy) is 1. The third-order valence-corrected chi connectivity index (χ3v) is 5.20. The highest BCUT2D eigenvalue weighted by atomic mass is 32.1. The summed E-state index contributed by atoms with van der Waals surface area (Å²) in [5, 5.41) is 9.56. The van der Waals surface area contributed by atoms with E-state index in [1.54, 1.807) is 23.7 Å². The molecular weight excluding hydrogens is 356 g/mol. The number of benzene rings is 1. The minimum Gasteiger partial charge on any atom is -0.492 e. The van der Waals surface area contributed by atoms with Crippen LogP contribution in [0.25, 0.3) is 16.8 Å². The average Bonchev–Trinajstić information content (AvgIpc) is 3.19. The Hall–Kier alpha value is -2.70. The van der Waals surface area contributed by atoms with Crippen molar-refractivity contribution in [1.29, 1.82) is 0 Å². The summed E-state index contributed by atoms with van der Waals surface area (Å²) in [6.45, 7) is 4.58. The molecule has 1 aromatic carbocycles. The van der Waals surface area contributed by atoms with Crippen molar-refractivity contribution < 1.29 is 4.74 Å². The summed E-state index contributed by atoms with van der Waals surface area (Å²) in [6, 6.07) is 10.5. The molecule has 3 heterocycles. The Morgan fingerprint density at radius 1 is 1.19 bits per heavy atom. The Balaban J connectivity index is 1.50. The number of anilines is 2. The van der Waals surface area contributed by atoms with Crippen LogP contribution in [0.5, 0.6) is 5.75 Å². The number of aromatic nitrogens is 2. The Morgan fingerprint density at radius 3 is 2.81 bits per heavy atom. The van der Waals surface area contributed by atoms with E-state index in [1.165, 1.54) is 11.1 Å². The van der Waals surface area contributed by atoms with Crippen LogP contribution in [0.3, 0.4) is 0 Å². The summed E-state index contributed by atoms with van der Waals surface area (Å²) in [4.78, 5) is 8.89. The van der Waals surface area contributed by atoms with E-state index in [4.69, 9.17) is 9.72 Å². The maximum atomic E-state index is 5.64. The van der Waals surface area contributed by atoms with Crippen LogP contribution in [-0.2, 0) is 0 Å². The van der Waals surface area contributed by atoms with Crippen LogP contribution in [0.15, 0.2) is 54.2 Å². The van der Waals surface area contributed by atoms with Crippen molar-refractivity contribution in [1.82, 2.24) is 15.3 Å². The van der Waals surface area contributed by atoms with E-state index in [0.717, 1.165) is 47.3 Å². The predicted molar refractivity (Wildman–Crippen MR) is 112 cm³/mol. The van der Waals surface area contributed by atoms with Gasteiger partial charge in [0.2, 0.25) is 0 Å². The lowest BCUT2D eigenvalue weighted by atomic mass is 9.99. The topological polar surface area (TPSA) is 59.1 Å². The normalized spacial score (nSPS) is 13.9. The zero-order chi connectivity index (χ0) is 18.5. The van der Waals surface area contributed by atoms with Crippen LogP contribution in [0.2, 0.25) is 0 Å². The second-order valence-electron chi connectivity index (χ2n) is 6.23. The Kier molecular flexibility index (Phi) is 5.46. The minimum absolute atomic E-state index is 0.612. The Morgan fingerprint density at radius 2 is 2.04 bits per heavy atom. The molecule has 6 heteroatoms. The zero-order valence-corrected chi connectivity index (χ0v) is 16.1. The van der Waals surface area contributed by atoms with E-state index in [0.29, 0.717) is 6.61 Å². The van der Waals surface area contributed by atoms with Crippen LogP contribution < -0.4 is 15.4 Å². The summed E-state index contributed by atoms with van der Waals surface area (Å²) in [5.74, 6) is 0.781. The molecule has 0 fully saturated rings. The molecule has 0 aliphatic carbocycles. The number of hydrogen-bond acceptors (Lipinski definition) is 6. The third kappa shape index (κ3) is 4.18. The molecule has 0 spiro atoms. The fraction of sp³-hybridized carbons (Fsp3) is 0.238. The van der Waals surface area contributed by atoms with E-state index in [9.17, 15) is 0 Å². The summed E-state index contributed by atoms with van der Waals surface area (Å²) < 4.78 is 5.64. The summed E-state index contributed by atoms with van der Waals surface area (Å²) in [6.07, 6.45) is 6.83. The molecular formula is C21H22N4OS. The number of nitrogens with one attached hydrogen (secondary N) is 2. The first kappa shape index (κ1) is 17.7. The van der Waals surface area contributed by atoms with Crippen molar-refractivity contribution in [3.05, 3.63) is 59.7 Å². The van der Waals surface area contributed by atoms with Gasteiger partial charge in [0.1, 0.15) is 11.4 Å². The second kappa shape index (κ2) is 8.33. The lowest BCUT2D eigenvalue weighted by molar-refractivity contribution is 0.341. The van der Waals surface area contributed by atoms with E-state index in [1.807, 2.05) is 13.0 Å². The second-order valence-corrected chi connectivity index (χ2v) is 7.09. The van der Waals surface area contributed by atoms with Gasteiger partial charge in [-0.15, -0.1) is 11.3 Å². The molecule has 27 heavy (non-hydrogen) atoms. The molecule has 1 aliphatic rings. The molecule has 3 aromatic rings. The van der Waals surface area contributed by atoms with Gasteiger partial charge in [-0.05, 0) is 31.0 Å². The van der Waals surface area contributed by atoms with Crippen LogP contribution in [0.1, 0.15) is 18.9 Å². The monoisotopic (exact) mass is 378 g/mol. The van der Waals surface area contributed by atoms with Crippen molar-refractivity contribution in [3.8, 4) is 17.0 Å². The molecule has 0 radical (unpaired) electrons. The van der Waals surface area contributed by atoms with E-state index >= 15 is 0 Å². The fourth-order valence-corrected chi connectivity index (χ4v) is 3.81. The van der Waals surface area contributed by atoms with Gasteiger partial charge in [-0.25, -0.2) is 4.98 Å². The highest BCUT2D eigenvalue weighted by Gasteiger charge is 2.10. The zero-order valence-electron chi connectivity index (χ0n) is 15.2. The molecule has 0 saturated heterocycles. The van der Waals surface area contributed by atoms with Gasteiger partial charge in [-0.1, -0.05) is 30.3 Å². The number of thiazole rings is 1. The number of nitrogens with zero attached hydrogens (tertiary/aromatic N) is 2. The standard InChI is InChI=1S/C21H22N4OS/c1-2-26-20-9-12-23-13-18(20)24-21-25-19(14-27-21)17-5-3-15(4-6-17)16-7-10-22-11-8-16/h3-7,9,12-14,22H,2,8,10-11H2,1H3,(H,24,25). The van der Waals surface area contributed by atoms with E-state index in [-0.39, 0.29) is 0 Å². The van der Waals surface area contributed by atoms with Crippen molar-refractivity contribution in [2.45, 2.75) is 13.3 Å². The first-order valence-electron chi connectivity index (χ1n) is 9.13. The molecule has 0 saturated carbocycles. The SMILES string of the molecule is CCOc1ccncc1Nc1nc(-c2ccc(C3=CCNCC3)cc2)cs1. The molecule has 138 valence electrons. The van der Waals surface area contributed by atoms with Gasteiger partial charge in [-0.2, -0.15) is 0 Å². The number of pyridine rings is 1. The Bertz CT molecular complexity index is 933. The van der Waals surface area contributed by atoms with Crippen LogP contribution >= 0.6 is 11.3 Å². The average molecular weight is 379 g/mol. The van der Waals surface area contributed by atoms with Crippen molar-refractivity contribution >= 4 is 27.7 Å².